The lowest BCUT2D eigenvalue weighted by molar-refractivity contribution is -0.122. The maximum atomic E-state index is 11.4. The predicted molar refractivity (Wildman–Crippen MR) is 96.3 cm³/mol. The van der Waals surface area contributed by atoms with Crippen LogP contribution in [-0.2, 0) is 11.3 Å². The third kappa shape index (κ3) is 6.27. The molecule has 1 amide bonds. The molecule has 0 atom stereocenters. The largest absolute Gasteiger partial charge is 0.352 e. The minimum atomic E-state index is 0.214. The van der Waals surface area contributed by atoms with Crippen molar-refractivity contribution >= 4 is 5.91 Å². The standard InChI is InChI=1S/C12H15NO.C9H12/c1-9-3-2-4-10(7-9)8-13-12(14)11-5-6-11;1-8(2)9-6-4-3-5-7-9/h2-4,7,11H,5-6,8H2,1H3,(H,13,14);3-8H,1-2H3. The molecule has 2 aromatic rings. The van der Waals surface area contributed by atoms with E-state index in [4.69, 9.17) is 0 Å². The summed E-state index contributed by atoms with van der Waals surface area (Å²) >= 11 is 0. The summed E-state index contributed by atoms with van der Waals surface area (Å²) in [5.74, 6) is 1.18. The number of hydrogen-bond acceptors (Lipinski definition) is 1. The van der Waals surface area contributed by atoms with Gasteiger partial charge in [0.25, 0.3) is 0 Å². The van der Waals surface area contributed by atoms with E-state index in [0.717, 1.165) is 12.8 Å². The molecule has 2 nitrogen and oxygen atoms in total. The van der Waals surface area contributed by atoms with Crippen molar-refractivity contribution in [2.75, 3.05) is 0 Å². The van der Waals surface area contributed by atoms with Gasteiger partial charge in [-0.15, -0.1) is 0 Å². The number of rotatable bonds is 4. The molecule has 0 aliphatic heterocycles. The molecule has 0 unspecified atom stereocenters. The minimum absolute atomic E-state index is 0.214. The van der Waals surface area contributed by atoms with Crippen molar-refractivity contribution in [3.63, 3.8) is 0 Å². The Kier molecular flexibility index (Phi) is 6.40. The summed E-state index contributed by atoms with van der Waals surface area (Å²) in [6.45, 7) is 7.13. The highest BCUT2D eigenvalue weighted by Crippen LogP contribution is 2.28. The van der Waals surface area contributed by atoms with Gasteiger partial charge >= 0.3 is 0 Å². The van der Waals surface area contributed by atoms with Gasteiger partial charge in [-0.2, -0.15) is 0 Å². The Labute approximate surface area is 139 Å². The second kappa shape index (κ2) is 8.52. The van der Waals surface area contributed by atoms with Gasteiger partial charge in [0.1, 0.15) is 0 Å². The Bertz CT molecular complexity index is 615. The molecule has 0 bridgehead atoms. The van der Waals surface area contributed by atoms with Gasteiger partial charge in [-0.1, -0.05) is 74.0 Å². The highest BCUT2D eigenvalue weighted by molar-refractivity contribution is 5.80. The third-order valence-electron chi connectivity index (χ3n) is 3.96. The van der Waals surface area contributed by atoms with Gasteiger partial charge in [-0.3, -0.25) is 4.79 Å². The zero-order valence-corrected chi connectivity index (χ0v) is 14.4. The molecule has 122 valence electrons. The minimum Gasteiger partial charge on any atom is -0.352 e. The van der Waals surface area contributed by atoms with Gasteiger partial charge in [0.15, 0.2) is 0 Å². The lowest BCUT2D eigenvalue weighted by Gasteiger charge is -2.04. The summed E-state index contributed by atoms with van der Waals surface area (Å²) in [5.41, 5.74) is 3.83. The van der Waals surface area contributed by atoms with Crippen molar-refractivity contribution < 1.29 is 4.79 Å². The van der Waals surface area contributed by atoms with E-state index in [1.54, 1.807) is 0 Å². The Morgan fingerprint density at radius 3 is 2.30 bits per heavy atom. The van der Waals surface area contributed by atoms with Crippen molar-refractivity contribution in [2.45, 2.75) is 46.1 Å². The molecule has 0 saturated heterocycles. The summed E-state index contributed by atoms with van der Waals surface area (Å²) in [6.07, 6.45) is 2.14. The van der Waals surface area contributed by atoms with Gasteiger partial charge in [-0.05, 0) is 36.8 Å². The highest BCUT2D eigenvalue weighted by Gasteiger charge is 2.29. The van der Waals surface area contributed by atoms with E-state index in [1.807, 2.05) is 18.2 Å². The maximum absolute atomic E-state index is 11.4. The zero-order valence-electron chi connectivity index (χ0n) is 14.4. The number of aryl methyl sites for hydroxylation is 1. The number of benzene rings is 2. The third-order valence-corrected chi connectivity index (χ3v) is 3.96. The van der Waals surface area contributed by atoms with Crippen LogP contribution in [0.1, 0.15) is 49.3 Å². The molecule has 0 spiro atoms. The van der Waals surface area contributed by atoms with Crippen molar-refractivity contribution in [1.29, 1.82) is 0 Å². The fraction of sp³-hybridized carbons (Fsp3) is 0.381. The fourth-order valence-electron chi connectivity index (χ4n) is 2.34. The summed E-state index contributed by atoms with van der Waals surface area (Å²) in [6, 6.07) is 18.7. The summed E-state index contributed by atoms with van der Waals surface area (Å²) < 4.78 is 0. The van der Waals surface area contributed by atoms with Crippen LogP contribution in [0.3, 0.4) is 0 Å². The van der Waals surface area contributed by atoms with Gasteiger partial charge < -0.3 is 5.32 Å². The predicted octanol–water partition coefficient (Wildman–Crippen LogP) is 4.83. The highest BCUT2D eigenvalue weighted by atomic mass is 16.2. The van der Waals surface area contributed by atoms with E-state index in [2.05, 4.69) is 62.5 Å². The van der Waals surface area contributed by atoms with Gasteiger partial charge in [0, 0.05) is 12.5 Å². The molecule has 1 N–H and O–H groups in total. The van der Waals surface area contributed by atoms with Crippen LogP contribution in [0.25, 0.3) is 0 Å². The first-order valence-electron chi connectivity index (χ1n) is 8.44. The normalized spacial score (nSPS) is 13.2. The maximum Gasteiger partial charge on any atom is 0.223 e. The van der Waals surface area contributed by atoms with Crippen molar-refractivity contribution in [2.24, 2.45) is 5.92 Å². The lowest BCUT2D eigenvalue weighted by atomic mass is 10.0. The summed E-state index contributed by atoms with van der Waals surface area (Å²) in [5, 5.41) is 2.95. The van der Waals surface area contributed by atoms with Crippen LogP contribution in [0.4, 0.5) is 0 Å². The monoisotopic (exact) mass is 309 g/mol. The van der Waals surface area contributed by atoms with Crippen LogP contribution in [-0.4, -0.2) is 5.91 Å². The molecule has 2 heteroatoms. The quantitative estimate of drug-likeness (QED) is 0.861. The molecule has 1 aliphatic carbocycles. The van der Waals surface area contributed by atoms with E-state index >= 15 is 0 Å². The molecule has 3 rings (SSSR count). The molecule has 0 radical (unpaired) electrons. The SMILES string of the molecule is CC(C)c1ccccc1.Cc1cccc(CNC(=O)C2CC2)c1. The first-order chi connectivity index (χ1) is 11.1. The van der Waals surface area contributed by atoms with Gasteiger partial charge in [0.05, 0.1) is 0 Å². The Morgan fingerprint density at radius 1 is 1.09 bits per heavy atom. The van der Waals surface area contributed by atoms with Crippen LogP contribution in [0.2, 0.25) is 0 Å². The number of carbonyl (C=O) groups is 1. The Morgan fingerprint density at radius 2 is 1.78 bits per heavy atom. The van der Waals surface area contributed by atoms with E-state index in [1.165, 1.54) is 16.7 Å². The molecule has 1 aliphatic rings. The average molecular weight is 309 g/mol. The molecule has 0 heterocycles. The second-order valence-corrected chi connectivity index (χ2v) is 6.55. The molecule has 0 aromatic heterocycles. The van der Waals surface area contributed by atoms with Crippen molar-refractivity contribution in [1.82, 2.24) is 5.32 Å². The van der Waals surface area contributed by atoms with Crippen LogP contribution >= 0.6 is 0 Å². The summed E-state index contributed by atoms with van der Waals surface area (Å²) in [7, 11) is 0. The summed E-state index contributed by atoms with van der Waals surface area (Å²) in [4.78, 5) is 11.4. The first kappa shape index (κ1) is 17.3. The second-order valence-electron chi connectivity index (χ2n) is 6.55. The number of carbonyl (C=O) groups excluding carboxylic acids is 1. The first-order valence-corrected chi connectivity index (χ1v) is 8.44. The molecule has 1 saturated carbocycles. The van der Waals surface area contributed by atoms with Crippen LogP contribution < -0.4 is 5.32 Å². The zero-order chi connectivity index (χ0) is 16.7. The topological polar surface area (TPSA) is 29.1 Å². The Hall–Kier alpha value is -2.09. The molecule has 23 heavy (non-hydrogen) atoms. The molecular weight excluding hydrogens is 282 g/mol. The van der Waals surface area contributed by atoms with Crippen molar-refractivity contribution in [3.05, 3.63) is 71.3 Å². The van der Waals surface area contributed by atoms with E-state index in [-0.39, 0.29) is 5.91 Å². The van der Waals surface area contributed by atoms with E-state index in [9.17, 15) is 4.79 Å². The van der Waals surface area contributed by atoms with Gasteiger partial charge in [0.2, 0.25) is 5.91 Å². The molecular formula is C21H27NO. The number of amides is 1. The van der Waals surface area contributed by atoms with E-state index < -0.39 is 0 Å². The van der Waals surface area contributed by atoms with Crippen molar-refractivity contribution in [3.8, 4) is 0 Å². The van der Waals surface area contributed by atoms with Gasteiger partial charge in [-0.25, -0.2) is 0 Å². The molecule has 1 fully saturated rings. The Balaban J connectivity index is 0.000000185. The van der Waals surface area contributed by atoms with E-state index in [0.29, 0.717) is 18.4 Å². The number of hydrogen-bond donors (Lipinski definition) is 1. The lowest BCUT2D eigenvalue weighted by Crippen LogP contribution is -2.24. The van der Waals surface area contributed by atoms with Crippen LogP contribution in [0.5, 0.6) is 0 Å². The molecule has 2 aromatic carbocycles. The smallest absolute Gasteiger partial charge is 0.223 e. The number of nitrogens with one attached hydrogen (secondary N) is 1. The van der Waals surface area contributed by atoms with Crippen LogP contribution in [0.15, 0.2) is 54.6 Å². The average Bonchev–Trinajstić information content (AvgIpc) is 3.39. The van der Waals surface area contributed by atoms with Crippen LogP contribution in [0, 0.1) is 12.8 Å². The fourth-order valence-corrected chi connectivity index (χ4v) is 2.34.